The minimum atomic E-state index is 0.00662. The first kappa shape index (κ1) is 11.5. The molecule has 0 aliphatic carbocycles. The first-order chi connectivity index (χ1) is 6.70. The normalized spacial score (nSPS) is 23.9. The van der Waals surface area contributed by atoms with Gasteiger partial charge in [0.05, 0.1) is 12.6 Å². The maximum atomic E-state index is 11.9. The summed E-state index contributed by atoms with van der Waals surface area (Å²) < 4.78 is 0. The molecule has 0 saturated carbocycles. The van der Waals surface area contributed by atoms with Crippen molar-refractivity contribution in [3.63, 3.8) is 0 Å². The molecule has 1 saturated heterocycles. The van der Waals surface area contributed by atoms with Crippen molar-refractivity contribution in [3.05, 3.63) is 0 Å². The fourth-order valence-electron chi connectivity index (χ4n) is 1.99. The molecule has 1 aliphatic rings. The molecule has 1 rings (SSSR count). The Hall–Kier alpha value is -0.610. The van der Waals surface area contributed by atoms with Gasteiger partial charge in [-0.1, -0.05) is 6.92 Å². The number of aliphatic hydroxyl groups is 1. The van der Waals surface area contributed by atoms with E-state index >= 15 is 0 Å². The van der Waals surface area contributed by atoms with Gasteiger partial charge in [0, 0.05) is 19.0 Å². The van der Waals surface area contributed by atoms with Crippen molar-refractivity contribution in [3.8, 4) is 0 Å². The first-order valence-corrected chi connectivity index (χ1v) is 5.26. The van der Waals surface area contributed by atoms with Crippen molar-refractivity contribution in [1.29, 1.82) is 0 Å². The Morgan fingerprint density at radius 3 is 3.00 bits per heavy atom. The van der Waals surface area contributed by atoms with E-state index in [1.54, 1.807) is 0 Å². The molecule has 4 nitrogen and oxygen atoms in total. The molecule has 1 aliphatic heterocycles. The molecule has 2 atom stereocenters. The van der Waals surface area contributed by atoms with Crippen LogP contribution in [0.5, 0.6) is 0 Å². The van der Waals surface area contributed by atoms with E-state index in [2.05, 4.69) is 5.32 Å². The topological polar surface area (TPSA) is 52.6 Å². The molecule has 1 unspecified atom stereocenters. The van der Waals surface area contributed by atoms with Crippen molar-refractivity contribution in [2.75, 3.05) is 26.7 Å². The molecule has 1 amide bonds. The zero-order valence-electron chi connectivity index (χ0n) is 8.99. The smallest absolute Gasteiger partial charge is 0.227 e. The lowest BCUT2D eigenvalue weighted by Crippen LogP contribution is -2.42. The predicted octanol–water partition coefficient (Wildman–Crippen LogP) is -0.175. The minimum absolute atomic E-state index is 0.00662. The van der Waals surface area contributed by atoms with Crippen LogP contribution in [0.4, 0.5) is 0 Å². The summed E-state index contributed by atoms with van der Waals surface area (Å²) in [5, 5.41) is 12.1. The summed E-state index contributed by atoms with van der Waals surface area (Å²) in [6, 6.07) is 0.0572. The number of hydrogen-bond donors (Lipinski definition) is 2. The maximum absolute atomic E-state index is 11.9. The first-order valence-electron chi connectivity index (χ1n) is 5.26. The summed E-state index contributed by atoms with van der Waals surface area (Å²) in [4.78, 5) is 13.7. The van der Waals surface area contributed by atoms with Gasteiger partial charge in [-0.05, 0) is 19.9 Å². The predicted molar refractivity (Wildman–Crippen MR) is 54.9 cm³/mol. The van der Waals surface area contributed by atoms with Gasteiger partial charge in [0.1, 0.15) is 0 Å². The second-order valence-corrected chi connectivity index (χ2v) is 3.97. The van der Waals surface area contributed by atoms with Crippen LogP contribution in [0.3, 0.4) is 0 Å². The second-order valence-electron chi connectivity index (χ2n) is 3.97. The largest absolute Gasteiger partial charge is 0.394 e. The Morgan fingerprint density at radius 2 is 2.43 bits per heavy atom. The Morgan fingerprint density at radius 1 is 1.71 bits per heavy atom. The van der Waals surface area contributed by atoms with Crippen LogP contribution in [-0.4, -0.2) is 48.7 Å². The van der Waals surface area contributed by atoms with E-state index < -0.39 is 0 Å². The monoisotopic (exact) mass is 200 g/mol. The van der Waals surface area contributed by atoms with Gasteiger partial charge < -0.3 is 15.3 Å². The standard InChI is InChI=1S/C10H20N2O2/c1-8(6-11-2)10(14)12-5-3-4-9(12)7-13/h8-9,11,13H,3-7H2,1-2H3/t8?,9-/m1/s1. The molecule has 0 bridgehead atoms. The summed E-state index contributed by atoms with van der Waals surface area (Å²) in [7, 11) is 1.84. The quantitative estimate of drug-likeness (QED) is 0.662. The van der Waals surface area contributed by atoms with Crippen LogP contribution in [0.2, 0.25) is 0 Å². The number of amides is 1. The van der Waals surface area contributed by atoms with Gasteiger partial charge in [0.2, 0.25) is 5.91 Å². The van der Waals surface area contributed by atoms with Crippen LogP contribution >= 0.6 is 0 Å². The lowest BCUT2D eigenvalue weighted by atomic mass is 10.1. The summed E-state index contributed by atoms with van der Waals surface area (Å²) in [6.07, 6.45) is 1.96. The van der Waals surface area contributed by atoms with E-state index in [0.717, 1.165) is 19.4 Å². The molecule has 1 fully saturated rings. The molecule has 0 aromatic heterocycles. The van der Waals surface area contributed by atoms with Gasteiger partial charge in [0.25, 0.3) is 0 Å². The molecule has 1 heterocycles. The molecule has 82 valence electrons. The third-order valence-electron chi connectivity index (χ3n) is 2.80. The van der Waals surface area contributed by atoms with Crippen molar-refractivity contribution in [1.82, 2.24) is 10.2 Å². The van der Waals surface area contributed by atoms with Crippen molar-refractivity contribution < 1.29 is 9.90 Å². The maximum Gasteiger partial charge on any atom is 0.227 e. The lowest BCUT2D eigenvalue weighted by molar-refractivity contribution is -0.136. The minimum Gasteiger partial charge on any atom is -0.394 e. The van der Waals surface area contributed by atoms with Gasteiger partial charge in [-0.25, -0.2) is 0 Å². The van der Waals surface area contributed by atoms with Gasteiger partial charge in [-0.2, -0.15) is 0 Å². The van der Waals surface area contributed by atoms with Gasteiger partial charge in [-0.3, -0.25) is 4.79 Å². The third-order valence-corrected chi connectivity index (χ3v) is 2.80. The van der Waals surface area contributed by atoms with Crippen LogP contribution < -0.4 is 5.32 Å². The van der Waals surface area contributed by atoms with Crippen molar-refractivity contribution in [2.24, 2.45) is 5.92 Å². The number of nitrogens with one attached hydrogen (secondary N) is 1. The van der Waals surface area contributed by atoms with Crippen molar-refractivity contribution in [2.45, 2.75) is 25.8 Å². The van der Waals surface area contributed by atoms with Crippen LogP contribution in [0.1, 0.15) is 19.8 Å². The summed E-state index contributed by atoms with van der Waals surface area (Å²) in [5.41, 5.74) is 0. The number of carbonyl (C=O) groups excluding carboxylic acids is 1. The van der Waals surface area contributed by atoms with E-state index in [1.165, 1.54) is 0 Å². The molecule has 0 radical (unpaired) electrons. The number of rotatable bonds is 4. The van der Waals surface area contributed by atoms with Gasteiger partial charge in [0.15, 0.2) is 0 Å². The number of nitrogens with zero attached hydrogens (tertiary/aromatic N) is 1. The fourth-order valence-corrected chi connectivity index (χ4v) is 1.99. The van der Waals surface area contributed by atoms with E-state index in [0.29, 0.717) is 6.54 Å². The highest BCUT2D eigenvalue weighted by Gasteiger charge is 2.30. The molecule has 0 aromatic carbocycles. The van der Waals surface area contributed by atoms with Gasteiger partial charge in [-0.15, -0.1) is 0 Å². The third kappa shape index (κ3) is 2.45. The van der Waals surface area contributed by atoms with Crippen LogP contribution in [-0.2, 0) is 4.79 Å². The van der Waals surface area contributed by atoms with Crippen molar-refractivity contribution >= 4 is 5.91 Å². The molecule has 0 aromatic rings. The highest BCUT2D eigenvalue weighted by Crippen LogP contribution is 2.18. The zero-order chi connectivity index (χ0) is 10.6. The Labute approximate surface area is 85.3 Å². The molecule has 2 N–H and O–H groups in total. The molecule has 4 heteroatoms. The van der Waals surface area contributed by atoms with Crippen LogP contribution in [0, 0.1) is 5.92 Å². The number of likely N-dealkylation sites (tertiary alicyclic amines) is 1. The lowest BCUT2D eigenvalue weighted by Gasteiger charge is -2.26. The molecular weight excluding hydrogens is 180 g/mol. The van der Waals surface area contributed by atoms with Crippen LogP contribution in [0.25, 0.3) is 0 Å². The second kappa shape index (κ2) is 5.32. The summed E-state index contributed by atoms with van der Waals surface area (Å²) >= 11 is 0. The Kier molecular flexibility index (Phi) is 4.35. The fraction of sp³-hybridized carbons (Fsp3) is 0.900. The Balaban J connectivity index is 2.50. The average Bonchev–Trinajstić information content (AvgIpc) is 2.64. The van der Waals surface area contributed by atoms with Gasteiger partial charge >= 0.3 is 0 Å². The number of carbonyl (C=O) groups is 1. The SMILES string of the molecule is CNCC(C)C(=O)N1CCC[C@@H]1CO. The summed E-state index contributed by atoms with van der Waals surface area (Å²) in [5.74, 6) is 0.169. The summed E-state index contributed by atoms with van der Waals surface area (Å²) in [6.45, 7) is 3.52. The highest BCUT2D eigenvalue weighted by molar-refractivity contribution is 5.79. The van der Waals surface area contributed by atoms with E-state index in [9.17, 15) is 4.79 Å². The average molecular weight is 200 g/mol. The zero-order valence-corrected chi connectivity index (χ0v) is 8.99. The van der Waals surface area contributed by atoms with E-state index in [4.69, 9.17) is 5.11 Å². The molecule has 14 heavy (non-hydrogen) atoms. The number of aliphatic hydroxyl groups excluding tert-OH is 1. The molecular formula is C10H20N2O2. The highest BCUT2D eigenvalue weighted by atomic mass is 16.3. The molecule has 0 spiro atoms. The van der Waals surface area contributed by atoms with Crippen LogP contribution in [0.15, 0.2) is 0 Å². The number of hydrogen-bond acceptors (Lipinski definition) is 3. The van der Waals surface area contributed by atoms with E-state index in [-0.39, 0.29) is 24.5 Å². The Bertz CT molecular complexity index is 197. The van der Waals surface area contributed by atoms with E-state index in [1.807, 2.05) is 18.9 Å².